The molecule has 4 heteroatoms. The van der Waals surface area contributed by atoms with E-state index in [-0.39, 0.29) is 5.91 Å². The van der Waals surface area contributed by atoms with Crippen LogP contribution in [0.1, 0.15) is 18.4 Å². The number of carbonyl (C=O) groups is 1. The molecule has 1 aromatic heterocycles. The maximum atomic E-state index is 11.5. The molecule has 2 rings (SSSR count). The maximum Gasteiger partial charge on any atom is 0.222 e. The number of carbonyl (C=O) groups excluding carboxylic acids is 1. The van der Waals surface area contributed by atoms with Crippen LogP contribution in [0.25, 0.3) is 0 Å². The minimum Gasteiger partial charge on any atom is -0.373 e. The van der Waals surface area contributed by atoms with E-state index < -0.39 is 0 Å². The standard InChI is InChI=1S/C11H15N3O/c1-12-11-9(4-2-6-13-11)8-14-7-3-5-10(14)15/h2,4,6H,3,5,7-8H2,1H3,(H,12,13). The summed E-state index contributed by atoms with van der Waals surface area (Å²) in [6.45, 7) is 1.54. The predicted molar refractivity (Wildman–Crippen MR) is 58.4 cm³/mol. The second-order valence-corrected chi connectivity index (χ2v) is 3.68. The van der Waals surface area contributed by atoms with Crippen LogP contribution in [0.3, 0.4) is 0 Å². The number of aromatic nitrogens is 1. The van der Waals surface area contributed by atoms with Crippen molar-refractivity contribution in [2.75, 3.05) is 18.9 Å². The molecule has 0 bridgehead atoms. The molecule has 0 radical (unpaired) electrons. The molecular weight excluding hydrogens is 190 g/mol. The third-order valence-electron chi connectivity index (χ3n) is 2.66. The Kier molecular flexibility index (Phi) is 2.85. The fourth-order valence-corrected chi connectivity index (χ4v) is 1.87. The van der Waals surface area contributed by atoms with Gasteiger partial charge in [0, 0.05) is 38.3 Å². The molecule has 0 aromatic carbocycles. The van der Waals surface area contributed by atoms with Crippen LogP contribution in [0.4, 0.5) is 5.82 Å². The van der Waals surface area contributed by atoms with Crippen LogP contribution in [0, 0.1) is 0 Å². The van der Waals surface area contributed by atoms with Gasteiger partial charge >= 0.3 is 0 Å². The maximum absolute atomic E-state index is 11.5. The van der Waals surface area contributed by atoms with E-state index in [0.29, 0.717) is 13.0 Å². The molecular formula is C11H15N3O. The van der Waals surface area contributed by atoms with E-state index in [1.165, 1.54) is 0 Å². The lowest BCUT2D eigenvalue weighted by atomic mass is 10.2. The molecule has 4 nitrogen and oxygen atoms in total. The Balaban J connectivity index is 2.12. The topological polar surface area (TPSA) is 45.2 Å². The highest BCUT2D eigenvalue weighted by atomic mass is 16.2. The van der Waals surface area contributed by atoms with E-state index in [1.807, 2.05) is 24.1 Å². The summed E-state index contributed by atoms with van der Waals surface area (Å²) in [6, 6.07) is 3.90. The van der Waals surface area contributed by atoms with Crippen molar-refractivity contribution in [3.63, 3.8) is 0 Å². The Bertz CT molecular complexity index is 365. The second-order valence-electron chi connectivity index (χ2n) is 3.68. The molecule has 0 spiro atoms. The quantitative estimate of drug-likeness (QED) is 0.807. The van der Waals surface area contributed by atoms with Crippen LogP contribution in [0.15, 0.2) is 18.3 Å². The average Bonchev–Trinajstić information content (AvgIpc) is 2.65. The zero-order chi connectivity index (χ0) is 10.7. The normalized spacial score (nSPS) is 15.8. The third kappa shape index (κ3) is 2.09. The predicted octanol–water partition coefficient (Wildman–Crippen LogP) is 1.25. The summed E-state index contributed by atoms with van der Waals surface area (Å²) < 4.78 is 0. The van der Waals surface area contributed by atoms with Gasteiger partial charge in [-0.15, -0.1) is 0 Å². The van der Waals surface area contributed by atoms with Gasteiger partial charge in [0.25, 0.3) is 0 Å². The lowest BCUT2D eigenvalue weighted by Crippen LogP contribution is -2.24. The van der Waals surface area contributed by atoms with Crippen molar-refractivity contribution in [3.05, 3.63) is 23.9 Å². The van der Waals surface area contributed by atoms with E-state index in [4.69, 9.17) is 0 Å². The zero-order valence-electron chi connectivity index (χ0n) is 8.86. The number of anilines is 1. The monoisotopic (exact) mass is 205 g/mol. The molecule has 2 heterocycles. The van der Waals surface area contributed by atoms with Gasteiger partial charge in [-0.05, 0) is 12.5 Å². The Morgan fingerprint density at radius 1 is 1.60 bits per heavy atom. The number of nitrogens with zero attached hydrogens (tertiary/aromatic N) is 2. The van der Waals surface area contributed by atoms with Gasteiger partial charge in [0.1, 0.15) is 5.82 Å². The Hall–Kier alpha value is -1.58. The largest absolute Gasteiger partial charge is 0.373 e. The molecule has 0 unspecified atom stereocenters. The summed E-state index contributed by atoms with van der Waals surface area (Å²) >= 11 is 0. The van der Waals surface area contributed by atoms with Crippen LogP contribution in [0.5, 0.6) is 0 Å². The van der Waals surface area contributed by atoms with E-state index in [0.717, 1.165) is 24.3 Å². The highest BCUT2D eigenvalue weighted by Gasteiger charge is 2.20. The van der Waals surface area contributed by atoms with Gasteiger partial charge in [-0.1, -0.05) is 6.07 Å². The third-order valence-corrected chi connectivity index (χ3v) is 2.66. The van der Waals surface area contributed by atoms with E-state index in [1.54, 1.807) is 6.20 Å². The first-order chi connectivity index (χ1) is 7.31. The lowest BCUT2D eigenvalue weighted by molar-refractivity contribution is -0.128. The molecule has 0 aliphatic carbocycles. The summed E-state index contributed by atoms with van der Waals surface area (Å²) in [5.74, 6) is 1.11. The highest BCUT2D eigenvalue weighted by molar-refractivity contribution is 5.78. The fourth-order valence-electron chi connectivity index (χ4n) is 1.87. The number of hydrogen-bond donors (Lipinski definition) is 1. The number of amides is 1. The fraction of sp³-hybridized carbons (Fsp3) is 0.455. The Labute approximate surface area is 89.3 Å². The van der Waals surface area contributed by atoms with Crippen molar-refractivity contribution in [1.29, 1.82) is 0 Å². The first-order valence-electron chi connectivity index (χ1n) is 5.20. The van der Waals surface area contributed by atoms with Crippen molar-refractivity contribution in [2.45, 2.75) is 19.4 Å². The van der Waals surface area contributed by atoms with Gasteiger partial charge in [-0.25, -0.2) is 4.98 Å². The first kappa shape index (κ1) is 9.96. The Morgan fingerprint density at radius 2 is 2.47 bits per heavy atom. The van der Waals surface area contributed by atoms with Crippen LogP contribution >= 0.6 is 0 Å². The lowest BCUT2D eigenvalue weighted by Gasteiger charge is -2.17. The number of nitrogens with one attached hydrogen (secondary N) is 1. The molecule has 1 aliphatic rings. The summed E-state index contributed by atoms with van der Waals surface area (Å²) in [5.41, 5.74) is 1.08. The van der Waals surface area contributed by atoms with Gasteiger partial charge in [0.15, 0.2) is 0 Å². The van der Waals surface area contributed by atoms with Crippen LogP contribution in [0.2, 0.25) is 0 Å². The summed E-state index contributed by atoms with van der Waals surface area (Å²) in [5, 5.41) is 3.04. The minimum absolute atomic E-state index is 0.251. The average molecular weight is 205 g/mol. The molecule has 0 atom stereocenters. The highest BCUT2D eigenvalue weighted by Crippen LogP contribution is 2.17. The molecule has 1 fully saturated rings. The second kappa shape index (κ2) is 4.29. The van der Waals surface area contributed by atoms with Gasteiger partial charge in [-0.2, -0.15) is 0 Å². The van der Waals surface area contributed by atoms with Crippen molar-refractivity contribution in [3.8, 4) is 0 Å². The minimum atomic E-state index is 0.251. The van der Waals surface area contributed by atoms with Crippen LogP contribution < -0.4 is 5.32 Å². The number of rotatable bonds is 3. The molecule has 1 aromatic rings. The number of pyridine rings is 1. The van der Waals surface area contributed by atoms with Gasteiger partial charge in [0.05, 0.1) is 0 Å². The van der Waals surface area contributed by atoms with Gasteiger partial charge in [0.2, 0.25) is 5.91 Å². The van der Waals surface area contributed by atoms with Crippen LogP contribution in [-0.2, 0) is 11.3 Å². The van der Waals surface area contributed by atoms with Crippen molar-refractivity contribution < 1.29 is 4.79 Å². The molecule has 15 heavy (non-hydrogen) atoms. The molecule has 0 saturated carbocycles. The van der Waals surface area contributed by atoms with E-state index >= 15 is 0 Å². The van der Waals surface area contributed by atoms with Gasteiger partial charge < -0.3 is 10.2 Å². The summed E-state index contributed by atoms with van der Waals surface area (Å²) in [7, 11) is 1.84. The van der Waals surface area contributed by atoms with Crippen molar-refractivity contribution in [1.82, 2.24) is 9.88 Å². The van der Waals surface area contributed by atoms with Crippen molar-refractivity contribution >= 4 is 11.7 Å². The SMILES string of the molecule is CNc1ncccc1CN1CCCC1=O. The molecule has 80 valence electrons. The van der Waals surface area contributed by atoms with Crippen molar-refractivity contribution in [2.24, 2.45) is 0 Å². The van der Waals surface area contributed by atoms with E-state index in [2.05, 4.69) is 10.3 Å². The summed E-state index contributed by atoms with van der Waals surface area (Å²) in [4.78, 5) is 17.6. The zero-order valence-corrected chi connectivity index (χ0v) is 8.86. The molecule has 1 aliphatic heterocycles. The van der Waals surface area contributed by atoms with Crippen LogP contribution in [-0.4, -0.2) is 29.4 Å². The van der Waals surface area contributed by atoms with Gasteiger partial charge in [-0.3, -0.25) is 4.79 Å². The van der Waals surface area contributed by atoms with E-state index in [9.17, 15) is 4.79 Å². The molecule has 1 saturated heterocycles. The number of hydrogen-bond acceptors (Lipinski definition) is 3. The molecule has 1 amide bonds. The first-order valence-corrected chi connectivity index (χ1v) is 5.20. The number of likely N-dealkylation sites (tertiary alicyclic amines) is 1. The smallest absolute Gasteiger partial charge is 0.222 e. The molecule has 1 N–H and O–H groups in total. The summed E-state index contributed by atoms with van der Waals surface area (Å²) in [6.07, 6.45) is 3.42. The Morgan fingerprint density at radius 3 is 3.13 bits per heavy atom.